The van der Waals surface area contributed by atoms with Gasteiger partial charge in [-0.15, -0.1) is 0 Å². The van der Waals surface area contributed by atoms with Crippen LogP contribution >= 0.6 is 0 Å². The average Bonchev–Trinajstić information content (AvgIpc) is 2.81. The number of rotatable bonds is 4. The molecule has 2 aliphatic rings. The lowest BCUT2D eigenvalue weighted by Gasteiger charge is -2.41. The van der Waals surface area contributed by atoms with Crippen molar-refractivity contribution >= 4 is 11.8 Å². The van der Waals surface area contributed by atoms with Crippen LogP contribution in [-0.2, 0) is 10.2 Å². The molecule has 2 fully saturated rings. The number of hydrogen-bond acceptors (Lipinski definition) is 4. The Morgan fingerprint density at radius 3 is 2.47 bits per heavy atom. The third kappa shape index (κ3) is 4.43. The van der Waals surface area contributed by atoms with Crippen LogP contribution in [0.1, 0.15) is 24.0 Å². The minimum absolute atomic E-state index is 0.0926. The van der Waals surface area contributed by atoms with Gasteiger partial charge in [-0.25, -0.2) is 4.98 Å². The molecule has 4 rings (SSSR count). The zero-order valence-corrected chi connectivity index (χ0v) is 18.2. The topological polar surface area (TPSA) is 53.0 Å². The van der Waals surface area contributed by atoms with Gasteiger partial charge in [-0.1, -0.05) is 30.3 Å². The Hall–Kier alpha value is -2.60. The fourth-order valence-corrected chi connectivity index (χ4v) is 4.74. The van der Waals surface area contributed by atoms with Gasteiger partial charge < -0.3 is 19.9 Å². The van der Waals surface area contributed by atoms with Crippen LogP contribution in [-0.4, -0.2) is 68.8 Å². The minimum Gasteiger partial charge on any atom is -0.381 e. The van der Waals surface area contributed by atoms with E-state index in [4.69, 9.17) is 4.74 Å². The van der Waals surface area contributed by atoms with Crippen LogP contribution in [0.5, 0.6) is 0 Å². The molecule has 0 amide bonds. The molecule has 1 aromatic carbocycles. The Morgan fingerprint density at radius 1 is 1.07 bits per heavy atom. The maximum atomic E-state index is 5.71. The van der Waals surface area contributed by atoms with E-state index in [9.17, 15) is 0 Å². The largest absolute Gasteiger partial charge is 0.381 e. The number of hydrogen-bond donors (Lipinski definition) is 1. The van der Waals surface area contributed by atoms with Crippen molar-refractivity contribution in [2.24, 2.45) is 4.99 Å². The predicted molar refractivity (Wildman–Crippen MR) is 122 cm³/mol. The average molecular weight is 408 g/mol. The minimum atomic E-state index is 0.0926. The highest BCUT2D eigenvalue weighted by atomic mass is 16.5. The van der Waals surface area contributed by atoms with Gasteiger partial charge in [-0.3, -0.25) is 4.99 Å². The van der Waals surface area contributed by atoms with Crippen LogP contribution in [0.4, 0.5) is 5.82 Å². The van der Waals surface area contributed by atoms with Crippen molar-refractivity contribution in [2.75, 3.05) is 57.9 Å². The first kappa shape index (κ1) is 20.7. The summed E-state index contributed by atoms with van der Waals surface area (Å²) in [7, 11) is 1.89. The number of aliphatic imine (C=N–C) groups is 1. The van der Waals surface area contributed by atoms with Gasteiger partial charge in [0.05, 0.1) is 0 Å². The summed E-state index contributed by atoms with van der Waals surface area (Å²) in [4.78, 5) is 13.8. The molecule has 0 spiro atoms. The highest BCUT2D eigenvalue weighted by molar-refractivity contribution is 5.80. The van der Waals surface area contributed by atoms with Gasteiger partial charge in [0, 0.05) is 64.6 Å². The molecule has 0 saturated carbocycles. The second-order valence-corrected chi connectivity index (χ2v) is 8.27. The quantitative estimate of drug-likeness (QED) is 0.624. The second kappa shape index (κ2) is 9.47. The van der Waals surface area contributed by atoms with Crippen LogP contribution in [0.2, 0.25) is 0 Å². The van der Waals surface area contributed by atoms with Crippen molar-refractivity contribution in [3.63, 3.8) is 0 Å². The fourth-order valence-electron chi connectivity index (χ4n) is 4.74. The predicted octanol–water partition coefficient (Wildman–Crippen LogP) is 2.84. The van der Waals surface area contributed by atoms with Crippen molar-refractivity contribution < 1.29 is 4.74 Å². The van der Waals surface area contributed by atoms with E-state index < -0.39 is 0 Å². The van der Waals surface area contributed by atoms with Crippen LogP contribution in [0.15, 0.2) is 53.7 Å². The van der Waals surface area contributed by atoms with E-state index in [1.807, 2.05) is 25.4 Å². The van der Waals surface area contributed by atoms with Crippen molar-refractivity contribution in [3.8, 4) is 0 Å². The monoisotopic (exact) mass is 407 g/mol. The first-order valence-corrected chi connectivity index (χ1v) is 11.0. The number of ether oxygens (including phenoxy) is 1. The van der Waals surface area contributed by atoms with E-state index >= 15 is 0 Å². The van der Waals surface area contributed by atoms with E-state index in [-0.39, 0.29) is 5.41 Å². The number of pyridine rings is 1. The maximum Gasteiger partial charge on any atom is 0.193 e. The Morgan fingerprint density at radius 2 is 1.80 bits per heavy atom. The summed E-state index contributed by atoms with van der Waals surface area (Å²) >= 11 is 0. The van der Waals surface area contributed by atoms with E-state index in [2.05, 4.69) is 62.3 Å². The Bertz CT molecular complexity index is 840. The number of anilines is 1. The molecule has 0 bridgehead atoms. The van der Waals surface area contributed by atoms with Crippen LogP contribution in [0.25, 0.3) is 0 Å². The van der Waals surface area contributed by atoms with Gasteiger partial charge in [0.15, 0.2) is 5.96 Å². The molecule has 0 atom stereocenters. The molecule has 2 aromatic rings. The molecule has 1 N–H and O–H groups in total. The summed E-state index contributed by atoms with van der Waals surface area (Å²) in [6.07, 6.45) is 3.94. The number of aryl methyl sites for hydroxylation is 1. The molecular formula is C24H33N5O. The molecule has 1 aromatic heterocycles. The molecule has 3 heterocycles. The second-order valence-electron chi connectivity index (χ2n) is 8.27. The molecule has 6 heteroatoms. The first-order chi connectivity index (χ1) is 14.7. The number of piperazine rings is 1. The highest BCUT2D eigenvalue weighted by Crippen LogP contribution is 2.36. The summed E-state index contributed by atoms with van der Waals surface area (Å²) in [5.74, 6) is 2.05. The summed E-state index contributed by atoms with van der Waals surface area (Å²) < 4.78 is 5.71. The molecule has 30 heavy (non-hydrogen) atoms. The van der Waals surface area contributed by atoms with E-state index in [0.29, 0.717) is 0 Å². The van der Waals surface area contributed by atoms with Crippen LogP contribution in [0.3, 0.4) is 0 Å². The summed E-state index contributed by atoms with van der Waals surface area (Å²) in [6.45, 7) is 8.53. The normalized spacial score (nSPS) is 19.6. The van der Waals surface area contributed by atoms with Gasteiger partial charge in [0.1, 0.15) is 5.82 Å². The number of benzene rings is 1. The van der Waals surface area contributed by atoms with Gasteiger partial charge >= 0.3 is 0 Å². The molecule has 0 unspecified atom stereocenters. The number of aromatic nitrogens is 1. The third-order valence-electron chi connectivity index (χ3n) is 6.52. The zero-order chi connectivity index (χ0) is 20.8. The molecular weight excluding hydrogens is 374 g/mol. The summed E-state index contributed by atoms with van der Waals surface area (Å²) in [6, 6.07) is 14.9. The van der Waals surface area contributed by atoms with Gasteiger partial charge in [-0.05, 0) is 43.0 Å². The third-order valence-corrected chi connectivity index (χ3v) is 6.52. The van der Waals surface area contributed by atoms with Crippen LogP contribution < -0.4 is 10.2 Å². The lowest BCUT2D eigenvalue weighted by Crippen LogP contribution is -2.55. The van der Waals surface area contributed by atoms with E-state index in [0.717, 1.165) is 70.6 Å². The molecule has 0 radical (unpaired) electrons. The molecule has 160 valence electrons. The lowest BCUT2D eigenvalue weighted by atomic mass is 9.72. The fraction of sp³-hybridized carbons (Fsp3) is 0.500. The Kier molecular flexibility index (Phi) is 6.53. The number of guanidine groups is 1. The van der Waals surface area contributed by atoms with Crippen molar-refractivity contribution in [1.29, 1.82) is 0 Å². The van der Waals surface area contributed by atoms with Crippen molar-refractivity contribution in [1.82, 2.24) is 15.2 Å². The van der Waals surface area contributed by atoms with Gasteiger partial charge in [0.25, 0.3) is 0 Å². The maximum absolute atomic E-state index is 5.71. The Labute approximate surface area is 180 Å². The standard InChI is InChI=1S/C24H33N5O/c1-20-7-3-4-8-21(20)24(10-17-30-18-11-24)19-27-23(25-2)29-15-13-28(14-16-29)22-9-5-6-12-26-22/h3-9,12H,10-11,13-19H2,1-2H3,(H,25,27). The van der Waals surface area contributed by atoms with Crippen LogP contribution in [0, 0.1) is 6.92 Å². The summed E-state index contributed by atoms with van der Waals surface area (Å²) in [5.41, 5.74) is 2.89. The van der Waals surface area contributed by atoms with Crippen molar-refractivity contribution in [2.45, 2.75) is 25.2 Å². The van der Waals surface area contributed by atoms with E-state index in [1.54, 1.807) is 0 Å². The lowest BCUT2D eigenvalue weighted by molar-refractivity contribution is 0.0509. The molecule has 6 nitrogen and oxygen atoms in total. The Balaban J connectivity index is 1.41. The van der Waals surface area contributed by atoms with Crippen molar-refractivity contribution in [3.05, 3.63) is 59.8 Å². The summed E-state index contributed by atoms with van der Waals surface area (Å²) in [5, 5.41) is 3.72. The molecule has 2 aliphatic heterocycles. The molecule has 2 saturated heterocycles. The number of nitrogens with zero attached hydrogens (tertiary/aromatic N) is 4. The molecule has 0 aliphatic carbocycles. The van der Waals surface area contributed by atoms with Gasteiger partial charge in [0.2, 0.25) is 0 Å². The highest BCUT2D eigenvalue weighted by Gasteiger charge is 2.36. The first-order valence-electron chi connectivity index (χ1n) is 11.0. The number of nitrogens with one attached hydrogen (secondary N) is 1. The zero-order valence-electron chi connectivity index (χ0n) is 18.2. The van der Waals surface area contributed by atoms with E-state index in [1.165, 1.54) is 11.1 Å². The smallest absolute Gasteiger partial charge is 0.193 e. The van der Waals surface area contributed by atoms with Gasteiger partial charge in [-0.2, -0.15) is 0 Å². The SMILES string of the molecule is CN=C(NCC1(c2ccccc2C)CCOCC1)N1CCN(c2ccccn2)CC1.